The number of nitrogens with zero attached hydrogens (tertiary/aromatic N) is 1. The molecule has 1 amide bonds. The summed E-state index contributed by atoms with van der Waals surface area (Å²) in [4.78, 5) is 28.2. The lowest BCUT2D eigenvalue weighted by Crippen LogP contribution is -2.41. The zero-order valence-electron chi connectivity index (χ0n) is 15.1. The molecule has 1 atom stereocenters. The number of carbonyl (C=O) groups is 2. The Kier molecular flexibility index (Phi) is 6.27. The number of rotatable bonds is 6. The van der Waals surface area contributed by atoms with Crippen LogP contribution in [0.3, 0.4) is 0 Å². The van der Waals surface area contributed by atoms with Crippen molar-refractivity contribution in [3.05, 3.63) is 28.5 Å². The zero-order valence-corrected chi connectivity index (χ0v) is 15.9. The normalized spacial score (nSPS) is 15.4. The van der Waals surface area contributed by atoms with E-state index in [1.165, 1.54) is 0 Å². The summed E-state index contributed by atoms with van der Waals surface area (Å²) < 4.78 is 10.6. The molecule has 1 aliphatic carbocycles. The lowest BCUT2D eigenvalue weighted by molar-refractivity contribution is -0.145. The van der Waals surface area contributed by atoms with Crippen molar-refractivity contribution in [1.29, 1.82) is 0 Å². The largest absolute Gasteiger partial charge is 0.461 e. The van der Waals surface area contributed by atoms with Crippen molar-refractivity contribution in [1.82, 2.24) is 10.3 Å². The molecule has 0 aromatic carbocycles. The van der Waals surface area contributed by atoms with Crippen molar-refractivity contribution in [2.24, 2.45) is 5.92 Å². The molecule has 0 saturated heterocycles. The highest BCUT2D eigenvalue weighted by atomic mass is 35.5. The first kappa shape index (κ1) is 19.5. The Morgan fingerprint density at radius 1 is 1.36 bits per heavy atom. The van der Waals surface area contributed by atoms with Gasteiger partial charge in [-0.1, -0.05) is 17.7 Å². The van der Waals surface area contributed by atoms with Gasteiger partial charge in [0, 0.05) is 17.3 Å². The Labute approximate surface area is 153 Å². The molecular weight excluding hydrogens is 344 g/mol. The number of hydrogen-bond donors (Lipinski definition) is 1. The highest BCUT2D eigenvalue weighted by Gasteiger charge is 2.35. The number of ether oxygens (including phenoxy) is 2. The third-order valence-corrected chi connectivity index (χ3v) is 4.04. The van der Waals surface area contributed by atoms with E-state index in [9.17, 15) is 9.59 Å². The van der Waals surface area contributed by atoms with Gasteiger partial charge in [-0.2, -0.15) is 0 Å². The second-order valence-electron chi connectivity index (χ2n) is 7.33. The number of halogens is 1. The molecule has 138 valence electrons. The number of amides is 1. The van der Waals surface area contributed by atoms with E-state index in [4.69, 9.17) is 21.1 Å². The predicted octanol–water partition coefficient (Wildman–Crippen LogP) is 3.78. The number of esters is 1. The lowest BCUT2D eigenvalue weighted by atomic mass is 10.1. The number of carbonyl (C=O) groups excluding carboxylic acids is 2. The summed E-state index contributed by atoms with van der Waals surface area (Å²) in [6.07, 6.45) is 1.61. The molecule has 1 heterocycles. The van der Waals surface area contributed by atoms with Crippen LogP contribution in [-0.2, 0) is 20.9 Å². The Balaban J connectivity index is 1.84. The van der Waals surface area contributed by atoms with Crippen LogP contribution in [0.1, 0.15) is 51.3 Å². The Hall–Kier alpha value is -1.82. The van der Waals surface area contributed by atoms with Crippen LogP contribution in [0.25, 0.3) is 0 Å². The molecular formula is C18H25ClN2O4. The van der Waals surface area contributed by atoms with Gasteiger partial charge in [-0.3, -0.25) is 4.79 Å². The topological polar surface area (TPSA) is 77.5 Å². The summed E-state index contributed by atoms with van der Waals surface area (Å²) in [5, 5.41) is 3.20. The summed E-state index contributed by atoms with van der Waals surface area (Å²) in [6, 6.07) is 3.19. The van der Waals surface area contributed by atoms with E-state index < -0.39 is 11.7 Å². The van der Waals surface area contributed by atoms with Crippen LogP contribution >= 0.6 is 11.6 Å². The van der Waals surface area contributed by atoms with Crippen molar-refractivity contribution in [3.8, 4) is 0 Å². The maximum atomic E-state index is 12.1. The summed E-state index contributed by atoms with van der Waals surface area (Å²) >= 11 is 5.81. The number of nitrogens with one attached hydrogen (secondary N) is 1. The minimum absolute atomic E-state index is 0.129. The maximum Gasteiger partial charge on any atom is 0.407 e. The molecule has 1 aliphatic rings. The minimum Gasteiger partial charge on any atom is -0.461 e. The van der Waals surface area contributed by atoms with Gasteiger partial charge in [0.25, 0.3) is 0 Å². The van der Waals surface area contributed by atoms with Gasteiger partial charge in [0.15, 0.2) is 0 Å². The first-order chi connectivity index (χ1) is 11.6. The van der Waals surface area contributed by atoms with E-state index in [-0.39, 0.29) is 25.0 Å². The second kappa shape index (κ2) is 8.04. The van der Waals surface area contributed by atoms with Gasteiger partial charge in [-0.25, -0.2) is 9.78 Å². The van der Waals surface area contributed by atoms with Crippen LogP contribution in [0.2, 0.25) is 5.15 Å². The molecule has 1 unspecified atom stereocenters. The van der Waals surface area contributed by atoms with E-state index in [0.717, 1.165) is 24.1 Å². The van der Waals surface area contributed by atoms with E-state index in [0.29, 0.717) is 11.1 Å². The highest BCUT2D eigenvalue weighted by molar-refractivity contribution is 6.29. The van der Waals surface area contributed by atoms with Crippen molar-refractivity contribution < 1.29 is 19.1 Å². The number of hydrogen-bond acceptors (Lipinski definition) is 5. The Bertz CT molecular complexity index is 638. The van der Waals surface area contributed by atoms with Crippen molar-refractivity contribution in [2.45, 2.75) is 65.2 Å². The second-order valence-corrected chi connectivity index (χ2v) is 7.72. The van der Waals surface area contributed by atoms with Crippen molar-refractivity contribution >= 4 is 23.7 Å². The third kappa shape index (κ3) is 6.90. The highest BCUT2D eigenvalue weighted by Crippen LogP contribution is 2.34. The first-order valence-corrected chi connectivity index (χ1v) is 8.79. The van der Waals surface area contributed by atoms with Crippen LogP contribution in [-0.4, -0.2) is 28.7 Å². The van der Waals surface area contributed by atoms with E-state index in [1.54, 1.807) is 32.9 Å². The smallest absolute Gasteiger partial charge is 0.407 e. The summed E-state index contributed by atoms with van der Waals surface area (Å²) in [5.74, 6) is -0.0543. The van der Waals surface area contributed by atoms with Crippen LogP contribution < -0.4 is 5.32 Å². The molecule has 1 fully saturated rings. The quantitative estimate of drug-likeness (QED) is 0.610. The molecule has 1 aromatic heterocycles. The molecule has 1 N–H and O–H groups in total. The molecule has 0 spiro atoms. The van der Waals surface area contributed by atoms with Gasteiger partial charge < -0.3 is 14.8 Å². The molecule has 1 saturated carbocycles. The van der Waals surface area contributed by atoms with Gasteiger partial charge in [0.2, 0.25) is 0 Å². The fraction of sp³-hybridized carbons (Fsp3) is 0.611. The van der Waals surface area contributed by atoms with Gasteiger partial charge >= 0.3 is 12.1 Å². The first-order valence-electron chi connectivity index (χ1n) is 8.41. The fourth-order valence-corrected chi connectivity index (χ4v) is 2.59. The maximum absolute atomic E-state index is 12.1. The van der Waals surface area contributed by atoms with Gasteiger partial charge in [0.1, 0.15) is 17.4 Å². The molecule has 1 aromatic rings. The molecule has 0 bridgehead atoms. The van der Waals surface area contributed by atoms with Gasteiger partial charge in [0.05, 0.1) is 6.42 Å². The predicted molar refractivity (Wildman–Crippen MR) is 94.3 cm³/mol. The van der Waals surface area contributed by atoms with E-state index in [2.05, 4.69) is 10.3 Å². The van der Waals surface area contributed by atoms with Crippen molar-refractivity contribution in [2.75, 3.05) is 0 Å². The monoisotopic (exact) mass is 368 g/mol. The molecule has 7 heteroatoms. The van der Waals surface area contributed by atoms with Crippen LogP contribution in [0.5, 0.6) is 0 Å². The lowest BCUT2D eigenvalue weighted by Gasteiger charge is -2.23. The minimum atomic E-state index is -0.572. The van der Waals surface area contributed by atoms with E-state index in [1.807, 2.05) is 6.92 Å². The Morgan fingerprint density at radius 2 is 2.04 bits per heavy atom. The third-order valence-electron chi connectivity index (χ3n) is 3.83. The Morgan fingerprint density at radius 3 is 2.60 bits per heavy atom. The standard InChI is InChI=1S/C18H25ClN2O4/c1-11-13(7-8-15(19)20-11)10-24-16(22)9-14(12-5-6-12)21-17(23)25-18(2,3)4/h7-8,12,14H,5-6,9-10H2,1-4H3,(H,21,23). The van der Waals surface area contributed by atoms with Crippen LogP contribution in [0, 0.1) is 12.8 Å². The number of alkyl carbamates (subject to hydrolysis) is 1. The average Bonchev–Trinajstić information content (AvgIpc) is 3.28. The number of aromatic nitrogens is 1. The van der Waals surface area contributed by atoms with Gasteiger partial charge in [-0.05, 0) is 52.5 Å². The van der Waals surface area contributed by atoms with Crippen LogP contribution in [0.15, 0.2) is 12.1 Å². The zero-order chi connectivity index (χ0) is 18.6. The number of aryl methyl sites for hydroxylation is 1. The summed E-state index contributed by atoms with van der Waals surface area (Å²) in [5.41, 5.74) is 0.962. The van der Waals surface area contributed by atoms with Crippen molar-refractivity contribution in [3.63, 3.8) is 0 Å². The SMILES string of the molecule is Cc1nc(Cl)ccc1COC(=O)CC(NC(=O)OC(C)(C)C)C1CC1. The fourth-order valence-electron chi connectivity index (χ4n) is 2.40. The molecule has 6 nitrogen and oxygen atoms in total. The van der Waals surface area contributed by atoms with Gasteiger partial charge in [-0.15, -0.1) is 0 Å². The average molecular weight is 369 g/mol. The summed E-state index contributed by atoms with van der Waals surface area (Å²) in [6.45, 7) is 7.35. The summed E-state index contributed by atoms with van der Waals surface area (Å²) in [7, 11) is 0. The number of pyridine rings is 1. The molecule has 0 radical (unpaired) electrons. The molecule has 2 rings (SSSR count). The van der Waals surface area contributed by atoms with Crippen LogP contribution in [0.4, 0.5) is 4.79 Å². The molecule has 0 aliphatic heterocycles. The molecule has 25 heavy (non-hydrogen) atoms. The van der Waals surface area contributed by atoms with E-state index >= 15 is 0 Å².